The molecular weight excluding hydrogens is 443 g/mol. The van der Waals surface area contributed by atoms with Gasteiger partial charge < -0.3 is 9.73 Å². The van der Waals surface area contributed by atoms with E-state index in [-0.39, 0.29) is 34.4 Å². The zero-order chi connectivity index (χ0) is 22.7. The topological polar surface area (TPSA) is 77.1 Å². The van der Waals surface area contributed by atoms with Crippen molar-refractivity contribution in [3.63, 3.8) is 0 Å². The van der Waals surface area contributed by atoms with E-state index in [1.807, 2.05) is 0 Å². The van der Waals surface area contributed by atoms with E-state index in [0.29, 0.717) is 11.3 Å². The normalized spacial score (nSPS) is 11.6. The van der Waals surface area contributed by atoms with Gasteiger partial charge in [-0.15, -0.1) is 0 Å². The molecule has 4 aromatic rings. The Morgan fingerprint density at radius 3 is 2.56 bits per heavy atom. The van der Waals surface area contributed by atoms with E-state index < -0.39 is 17.3 Å². The lowest BCUT2D eigenvalue weighted by molar-refractivity contribution is -0.137. The maximum Gasteiger partial charge on any atom is 0.418 e. The molecule has 0 radical (unpaired) electrons. The third-order valence-corrected chi connectivity index (χ3v) is 5.51. The molecule has 10 heteroatoms. The summed E-state index contributed by atoms with van der Waals surface area (Å²) in [6.07, 6.45) is -3.20. The lowest BCUT2D eigenvalue weighted by atomic mass is 10.1. The van der Waals surface area contributed by atoms with Gasteiger partial charge in [-0.05, 0) is 36.4 Å². The third kappa shape index (κ3) is 4.54. The molecular formula is C22H16F3N3O3S. The first-order valence-corrected chi connectivity index (χ1v) is 10.4. The van der Waals surface area contributed by atoms with Crippen molar-refractivity contribution in [3.8, 4) is 5.69 Å². The Morgan fingerprint density at radius 1 is 1.06 bits per heavy atom. The van der Waals surface area contributed by atoms with Crippen LogP contribution in [0.4, 0.5) is 13.2 Å². The summed E-state index contributed by atoms with van der Waals surface area (Å²) in [6, 6.07) is 14.5. The van der Waals surface area contributed by atoms with Gasteiger partial charge in [0, 0.05) is 0 Å². The fourth-order valence-corrected chi connectivity index (χ4v) is 3.95. The number of nitrogens with one attached hydrogen (secondary N) is 1. The lowest BCUT2D eigenvalue weighted by Crippen LogP contribution is -2.27. The quantitative estimate of drug-likeness (QED) is 0.342. The van der Waals surface area contributed by atoms with E-state index in [9.17, 15) is 22.8 Å². The number of aromatic nitrogens is 2. The Kier molecular flexibility index (Phi) is 6.04. The van der Waals surface area contributed by atoms with E-state index in [2.05, 4.69) is 10.3 Å². The SMILES string of the molecule is O=C(CSc1nc2ccccc2c(=O)n1-c1ccccc1C(F)(F)F)NCc1ccco1. The van der Waals surface area contributed by atoms with Crippen molar-refractivity contribution in [1.82, 2.24) is 14.9 Å². The van der Waals surface area contributed by atoms with Gasteiger partial charge in [0.25, 0.3) is 5.56 Å². The number of hydrogen-bond acceptors (Lipinski definition) is 5. The lowest BCUT2D eigenvalue weighted by Gasteiger charge is -2.17. The monoisotopic (exact) mass is 459 g/mol. The zero-order valence-corrected chi connectivity index (χ0v) is 17.2. The second kappa shape index (κ2) is 8.91. The molecule has 0 fully saturated rings. The summed E-state index contributed by atoms with van der Waals surface area (Å²) < 4.78 is 47.0. The van der Waals surface area contributed by atoms with Crippen LogP contribution in [0.5, 0.6) is 0 Å². The summed E-state index contributed by atoms with van der Waals surface area (Å²) in [7, 11) is 0. The molecule has 2 aromatic heterocycles. The third-order valence-electron chi connectivity index (χ3n) is 4.57. The number of carbonyl (C=O) groups excluding carboxylic acids is 1. The molecule has 0 saturated carbocycles. The predicted octanol–water partition coefficient (Wildman–Crippen LogP) is 4.41. The first-order valence-electron chi connectivity index (χ1n) is 9.45. The summed E-state index contributed by atoms with van der Waals surface area (Å²) in [4.78, 5) is 29.8. The highest BCUT2D eigenvalue weighted by atomic mass is 32.2. The van der Waals surface area contributed by atoms with Crippen molar-refractivity contribution in [2.75, 3.05) is 5.75 Å². The van der Waals surface area contributed by atoms with E-state index in [1.54, 1.807) is 30.3 Å². The van der Waals surface area contributed by atoms with E-state index >= 15 is 0 Å². The molecule has 0 saturated heterocycles. The number of rotatable bonds is 6. The van der Waals surface area contributed by atoms with Crippen LogP contribution in [0.1, 0.15) is 11.3 Å². The highest BCUT2D eigenvalue weighted by Crippen LogP contribution is 2.34. The summed E-state index contributed by atoms with van der Waals surface area (Å²) in [6.45, 7) is 0.168. The minimum absolute atomic E-state index is 0.0152. The average molecular weight is 459 g/mol. The van der Waals surface area contributed by atoms with Gasteiger partial charge in [-0.25, -0.2) is 4.98 Å². The van der Waals surface area contributed by atoms with Gasteiger partial charge in [-0.3, -0.25) is 14.2 Å². The molecule has 1 N–H and O–H groups in total. The molecule has 0 unspecified atom stereocenters. The van der Waals surface area contributed by atoms with Crippen LogP contribution in [0.15, 0.2) is 81.3 Å². The molecule has 1 amide bonds. The van der Waals surface area contributed by atoms with Gasteiger partial charge in [0.1, 0.15) is 5.76 Å². The second-order valence-electron chi connectivity index (χ2n) is 6.71. The van der Waals surface area contributed by atoms with Crippen molar-refractivity contribution in [2.45, 2.75) is 17.9 Å². The van der Waals surface area contributed by atoms with Gasteiger partial charge >= 0.3 is 6.18 Å². The molecule has 0 spiro atoms. The molecule has 0 bridgehead atoms. The van der Waals surface area contributed by atoms with Crippen LogP contribution in [0.25, 0.3) is 16.6 Å². The fourth-order valence-electron chi connectivity index (χ4n) is 3.11. The Morgan fingerprint density at radius 2 is 1.81 bits per heavy atom. The number of carbonyl (C=O) groups is 1. The second-order valence-corrected chi connectivity index (χ2v) is 7.65. The number of furan rings is 1. The van der Waals surface area contributed by atoms with Crippen LogP contribution in [0.2, 0.25) is 0 Å². The number of halogens is 3. The fraction of sp³-hybridized carbons (Fsp3) is 0.136. The molecule has 164 valence electrons. The van der Waals surface area contributed by atoms with Crippen molar-refractivity contribution in [1.29, 1.82) is 0 Å². The highest BCUT2D eigenvalue weighted by Gasteiger charge is 2.34. The first-order chi connectivity index (χ1) is 15.3. The summed E-state index contributed by atoms with van der Waals surface area (Å²) in [5.74, 6) is 0.0207. The Bertz CT molecular complexity index is 1320. The summed E-state index contributed by atoms with van der Waals surface area (Å²) in [5, 5.41) is 2.81. The molecule has 2 aromatic carbocycles. The van der Waals surface area contributed by atoms with Gasteiger partial charge in [-0.2, -0.15) is 13.2 Å². The number of para-hydroxylation sites is 2. The van der Waals surface area contributed by atoms with Crippen LogP contribution in [-0.2, 0) is 17.5 Å². The van der Waals surface area contributed by atoms with Crippen molar-refractivity contribution in [2.24, 2.45) is 0 Å². The maximum absolute atomic E-state index is 13.6. The first kappa shape index (κ1) is 21.7. The summed E-state index contributed by atoms with van der Waals surface area (Å²) >= 11 is 0.877. The van der Waals surface area contributed by atoms with Crippen molar-refractivity contribution < 1.29 is 22.4 Å². The molecule has 0 aliphatic carbocycles. The number of nitrogens with zero attached hydrogens (tertiary/aromatic N) is 2. The van der Waals surface area contributed by atoms with Crippen LogP contribution < -0.4 is 10.9 Å². The average Bonchev–Trinajstić information content (AvgIpc) is 3.29. The predicted molar refractivity (Wildman–Crippen MR) is 114 cm³/mol. The molecule has 2 heterocycles. The van der Waals surface area contributed by atoms with Gasteiger partial charge in [0.05, 0.1) is 40.7 Å². The van der Waals surface area contributed by atoms with E-state index in [0.717, 1.165) is 22.4 Å². The Labute approximate surface area is 184 Å². The smallest absolute Gasteiger partial charge is 0.418 e. The number of alkyl halides is 3. The zero-order valence-electron chi connectivity index (χ0n) is 16.4. The maximum atomic E-state index is 13.6. The number of hydrogen-bond donors (Lipinski definition) is 1. The Balaban J connectivity index is 1.72. The van der Waals surface area contributed by atoms with Crippen LogP contribution >= 0.6 is 11.8 Å². The number of thioether (sulfide) groups is 1. The van der Waals surface area contributed by atoms with E-state index in [4.69, 9.17) is 4.42 Å². The largest absolute Gasteiger partial charge is 0.467 e. The standard InChI is InChI=1S/C22H16F3N3O3S/c23-22(24,25)16-8-2-4-10-18(16)28-20(30)15-7-1-3-9-17(15)27-21(28)32-13-19(29)26-12-14-6-5-11-31-14/h1-11H,12-13H2,(H,26,29). The molecule has 6 nitrogen and oxygen atoms in total. The van der Waals surface area contributed by atoms with Crippen LogP contribution in [0.3, 0.4) is 0 Å². The highest BCUT2D eigenvalue weighted by molar-refractivity contribution is 7.99. The Hall–Kier alpha value is -3.53. The van der Waals surface area contributed by atoms with Gasteiger partial charge in [-0.1, -0.05) is 36.0 Å². The molecule has 0 atom stereocenters. The molecule has 4 rings (SSSR count). The van der Waals surface area contributed by atoms with Crippen molar-refractivity contribution >= 4 is 28.6 Å². The summed E-state index contributed by atoms with van der Waals surface area (Å²) in [5.41, 5.74) is -1.63. The minimum atomic E-state index is -4.68. The minimum Gasteiger partial charge on any atom is -0.467 e. The van der Waals surface area contributed by atoms with Gasteiger partial charge in [0.2, 0.25) is 5.91 Å². The molecule has 32 heavy (non-hydrogen) atoms. The van der Waals surface area contributed by atoms with Crippen LogP contribution in [-0.4, -0.2) is 21.2 Å². The van der Waals surface area contributed by atoms with Gasteiger partial charge in [0.15, 0.2) is 5.16 Å². The van der Waals surface area contributed by atoms with Crippen LogP contribution in [0, 0.1) is 0 Å². The van der Waals surface area contributed by atoms with Crippen molar-refractivity contribution in [3.05, 3.63) is 88.6 Å². The molecule has 0 aliphatic rings. The molecule has 0 aliphatic heterocycles. The number of fused-ring (bicyclic) bond motifs is 1. The van der Waals surface area contributed by atoms with E-state index in [1.165, 1.54) is 30.5 Å². The number of amides is 1. The number of benzene rings is 2.